The van der Waals surface area contributed by atoms with Crippen LogP contribution in [-0.2, 0) is 4.79 Å². The highest BCUT2D eigenvalue weighted by Crippen LogP contribution is 2.33. The van der Waals surface area contributed by atoms with E-state index in [2.05, 4.69) is 0 Å². The van der Waals surface area contributed by atoms with Crippen LogP contribution in [0.15, 0.2) is 0 Å². The zero-order chi connectivity index (χ0) is 10.8. The average molecular weight is 209 g/mol. The maximum absolute atomic E-state index is 12.3. The van der Waals surface area contributed by atoms with E-state index in [9.17, 15) is 18.0 Å². The standard InChI is InChI=1S/C9H14F3NO/c1-7(14)13-5-2-3-8(4-6-13)9(10,11)12/h8H,2-6H2,1H3. The summed E-state index contributed by atoms with van der Waals surface area (Å²) in [5, 5.41) is 0. The highest BCUT2D eigenvalue weighted by Gasteiger charge is 2.39. The lowest BCUT2D eigenvalue weighted by Gasteiger charge is -2.19. The smallest absolute Gasteiger partial charge is 0.343 e. The van der Waals surface area contributed by atoms with Crippen LogP contribution in [0.4, 0.5) is 13.2 Å². The SMILES string of the molecule is CC(=O)N1CCCC(C(F)(F)F)CC1. The van der Waals surface area contributed by atoms with Gasteiger partial charge in [0.25, 0.3) is 0 Å². The molecule has 1 amide bonds. The molecule has 1 rings (SSSR count). The van der Waals surface area contributed by atoms with Gasteiger partial charge in [-0.05, 0) is 19.3 Å². The Morgan fingerprint density at radius 3 is 2.43 bits per heavy atom. The van der Waals surface area contributed by atoms with Crippen molar-refractivity contribution >= 4 is 5.91 Å². The molecule has 82 valence electrons. The van der Waals surface area contributed by atoms with Crippen molar-refractivity contribution in [2.75, 3.05) is 13.1 Å². The molecule has 0 bridgehead atoms. The number of carbonyl (C=O) groups excluding carboxylic acids is 1. The first kappa shape index (κ1) is 11.3. The van der Waals surface area contributed by atoms with Gasteiger partial charge in [-0.2, -0.15) is 13.2 Å². The third kappa shape index (κ3) is 2.89. The summed E-state index contributed by atoms with van der Waals surface area (Å²) in [6, 6.07) is 0. The largest absolute Gasteiger partial charge is 0.391 e. The van der Waals surface area contributed by atoms with E-state index in [0.29, 0.717) is 13.0 Å². The van der Waals surface area contributed by atoms with Crippen LogP contribution in [0.5, 0.6) is 0 Å². The van der Waals surface area contributed by atoms with E-state index in [1.54, 1.807) is 0 Å². The van der Waals surface area contributed by atoms with Crippen molar-refractivity contribution in [1.29, 1.82) is 0 Å². The van der Waals surface area contributed by atoms with Gasteiger partial charge in [0, 0.05) is 20.0 Å². The Bertz CT molecular complexity index is 215. The molecule has 0 saturated carbocycles. The quantitative estimate of drug-likeness (QED) is 0.599. The Kier molecular flexibility index (Phi) is 3.39. The van der Waals surface area contributed by atoms with Gasteiger partial charge in [-0.3, -0.25) is 4.79 Å². The van der Waals surface area contributed by atoms with Crippen LogP contribution in [0.1, 0.15) is 26.2 Å². The predicted octanol–water partition coefficient (Wildman–Crippen LogP) is 2.20. The molecule has 1 atom stereocenters. The number of alkyl halides is 3. The van der Waals surface area contributed by atoms with Gasteiger partial charge in [-0.15, -0.1) is 0 Å². The predicted molar refractivity (Wildman–Crippen MR) is 45.7 cm³/mol. The van der Waals surface area contributed by atoms with E-state index in [1.807, 2.05) is 0 Å². The maximum atomic E-state index is 12.3. The van der Waals surface area contributed by atoms with Crippen molar-refractivity contribution in [1.82, 2.24) is 4.90 Å². The van der Waals surface area contributed by atoms with Crippen LogP contribution in [0.2, 0.25) is 0 Å². The molecule has 1 aliphatic rings. The molecular formula is C9H14F3NO. The Balaban J connectivity index is 2.53. The molecule has 5 heteroatoms. The first-order valence-corrected chi connectivity index (χ1v) is 4.73. The highest BCUT2D eigenvalue weighted by atomic mass is 19.4. The fraction of sp³-hybridized carbons (Fsp3) is 0.889. The van der Waals surface area contributed by atoms with Gasteiger partial charge in [-0.1, -0.05) is 0 Å². The van der Waals surface area contributed by atoms with Crippen LogP contribution in [0.3, 0.4) is 0 Å². The van der Waals surface area contributed by atoms with E-state index in [1.165, 1.54) is 11.8 Å². The van der Waals surface area contributed by atoms with Crippen LogP contribution in [-0.4, -0.2) is 30.1 Å². The molecule has 0 radical (unpaired) electrons. The van der Waals surface area contributed by atoms with E-state index in [4.69, 9.17) is 0 Å². The fourth-order valence-corrected chi connectivity index (χ4v) is 1.74. The van der Waals surface area contributed by atoms with Crippen molar-refractivity contribution in [3.63, 3.8) is 0 Å². The molecule has 1 heterocycles. The van der Waals surface area contributed by atoms with Crippen LogP contribution in [0.25, 0.3) is 0 Å². The maximum Gasteiger partial charge on any atom is 0.391 e. The Hall–Kier alpha value is -0.740. The molecule has 0 aromatic rings. The van der Waals surface area contributed by atoms with Gasteiger partial charge in [0.2, 0.25) is 5.91 Å². The monoisotopic (exact) mass is 209 g/mol. The molecule has 2 nitrogen and oxygen atoms in total. The molecule has 1 aliphatic heterocycles. The minimum absolute atomic E-state index is 0.0447. The Labute approximate surface area is 81.1 Å². The lowest BCUT2D eigenvalue weighted by atomic mass is 10.0. The lowest BCUT2D eigenvalue weighted by Crippen LogP contribution is -2.30. The third-order valence-electron chi connectivity index (χ3n) is 2.64. The first-order valence-electron chi connectivity index (χ1n) is 4.73. The minimum atomic E-state index is -4.10. The van der Waals surface area contributed by atoms with Crippen molar-refractivity contribution in [2.24, 2.45) is 5.92 Å². The fourth-order valence-electron chi connectivity index (χ4n) is 1.74. The average Bonchev–Trinajstić information content (AvgIpc) is 2.26. The van der Waals surface area contributed by atoms with Crippen molar-refractivity contribution in [3.8, 4) is 0 Å². The second-order valence-electron chi connectivity index (χ2n) is 3.68. The summed E-state index contributed by atoms with van der Waals surface area (Å²) in [6.07, 6.45) is -3.47. The minimum Gasteiger partial charge on any atom is -0.343 e. The molecule has 14 heavy (non-hydrogen) atoms. The summed E-state index contributed by atoms with van der Waals surface area (Å²) in [4.78, 5) is 12.4. The van der Waals surface area contributed by atoms with Gasteiger partial charge < -0.3 is 4.90 Å². The van der Waals surface area contributed by atoms with Gasteiger partial charge >= 0.3 is 6.18 Å². The van der Waals surface area contributed by atoms with Crippen LogP contribution >= 0.6 is 0 Å². The summed E-state index contributed by atoms with van der Waals surface area (Å²) >= 11 is 0. The molecule has 0 N–H and O–H groups in total. The number of amides is 1. The van der Waals surface area contributed by atoms with Gasteiger partial charge in [0.05, 0.1) is 5.92 Å². The Morgan fingerprint density at radius 1 is 1.29 bits per heavy atom. The summed E-state index contributed by atoms with van der Waals surface area (Å²) < 4.78 is 37.0. The van der Waals surface area contributed by atoms with Gasteiger partial charge in [0.15, 0.2) is 0 Å². The number of hydrogen-bond acceptors (Lipinski definition) is 1. The molecule has 1 fully saturated rings. The highest BCUT2D eigenvalue weighted by molar-refractivity contribution is 5.73. The zero-order valence-corrected chi connectivity index (χ0v) is 8.10. The lowest BCUT2D eigenvalue weighted by molar-refractivity contribution is -0.177. The number of carbonyl (C=O) groups is 1. The second-order valence-corrected chi connectivity index (χ2v) is 3.68. The molecule has 1 saturated heterocycles. The number of halogens is 3. The van der Waals surface area contributed by atoms with E-state index in [0.717, 1.165) is 0 Å². The van der Waals surface area contributed by atoms with Crippen LogP contribution < -0.4 is 0 Å². The summed E-state index contributed by atoms with van der Waals surface area (Å²) in [5.74, 6) is -1.36. The number of likely N-dealkylation sites (tertiary alicyclic amines) is 1. The second kappa shape index (κ2) is 4.19. The van der Waals surface area contributed by atoms with E-state index in [-0.39, 0.29) is 25.3 Å². The number of nitrogens with zero attached hydrogens (tertiary/aromatic N) is 1. The molecule has 1 unspecified atom stereocenters. The molecule has 0 aromatic carbocycles. The van der Waals surface area contributed by atoms with E-state index < -0.39 is 12.1 Å². The topological polar surface area (TPSA) is 20.3 Å². The van der Waals surface area contributed by atoms with Gasteiger partial charge in [-0.25, -0.2) is 0 Å². The summed E-state index contributed by atoms with van der Waals surface area (Å²) in [5.41, 5.74) is 0. The normalized spacial score (nSPS) is 24.6. The summed E-state index contributed by atoms with van der Waals surface area (Å²) in [7, 11) is 0. The first-order chi connectivity index (χ1) is 6.41. The molecule has 0 aliphatic carbocycles. The van der Waals surface area contributed by atoms with E-state index >= 15 is 0 Å². The van der Waals surface area contributed by atoms with Crippen LogP contribution in [0, 0.1) is 5.92 Å². The number of hydrogen-bond donors (Lipinski definition) is 0. The Morgan fingerprint density at radius 2 is 1.93 bits per heavy atom. The van der Waals surface area contributed by atoms with Crippen molar-refractivity contribution in [2.45, 2.75) is 32.4 Å². The summed E-state index contributed by atoms with van der Waals surface area (Å²) in [6.45, 7) is 2.09. The zero-order valence-electron chi connectivity index (χ0n) is 8.10. The number of rotatable bonds is 0. The molecular weight excluding hydrogens is 195 g/mol. The molecule has 0 aromatic heterocycles. The van der Waals surface area contributed by atoms with Crippen molar-refractivity contribution < 1.29 is 18.0 Å². The van der Waals surface area contributed by atoms with Crippen molar-refractivity contribution in [3.05, 3.63) is 0 Å². The third-order valence-corrected chi connectivity index (χ3v) is 2.64. The van der Waals surface area contributed by atoms with Gasteiger partial charge in [0.1, 0.15) is 0 Å². The molecule has 0 spiro atoms.